The average Bonchev–Trinajstić information content (AvgIpc) is 3.14. The van der Waals surface area contributed by atoms with E-state index < -0.39 is 33.2 Å². The van der Waals surface area contributed by atoms with Gasteiger partial charge in [-0.3, -0.25) is 9.69 Å². The van der Waals surface area contributed by atoms with Crippen LogP contribution < -0.4 is 0 Å². The van der Waals surface area contributed by atoms with Crippen LogP contribution in [-0.4, -0.2) is 60.8 Å². The minimum atomic E-state index is -3.66. The number of Topliss-reactive ketones (excluding diaryl/α,β-unsaturated/α-hetero) is 1. The van der Waals surface area contributed by atoms with Crippen molar-refractivity contribution in [2.24, 2.45) is 11.3 Å². The van der Waals surface area contributed by atoms with Gasteiger partial charge in [-0.25, -0.2) is 13.2 Å². The van der Waals surface area contributed by atoms with Crippen LogP contribution >= 0.6 is 0 Å². The van der Waals surface area contributed by atoms with Crippen LogP contribution in [0, 0.1) is 18.3 Å². The molecule has 2 aliphatic heterocycles. The Morgan fingerprint density at radius 3 is 2.47 bits per heavy atom. The van der Waals surface area contributed by atoms with Crippen molar-refractivity contribution in [3.05, 3.63) is 29.8 Å². The summed E-state index contributed by atoms with van der Waals surface area (Å²) in [6.07, 6.45) is 1.17. The summed E-state index contributed by atoms with van der Waals surface area (Å²) in [5.74, 6) is 0.129. The molecule has 1 aromatic carbocycles. The molecule has 2 heterocycles. The number of hydrogen-bond acceptors (Lipinski definition) is 5. The predicted molar refractivity (Wildman–Crippen MR) is 111 cm³/mol. The van der Waals surface area contributed by atoms with Gasteiger partial charge in [0.2, 0.25) is 10.0 Å². The topological polar surface area (TPSA) is 84.0 Å². The van der Waals surface area contributed by atoms with Gasteiger partial charge in [0, 0.05) is 31.5 Å². The molecule has 0 unspecified atom stereocenters. The van der Waals surface area contributed by atoms with E-state index >= 15 is 0 Å². The Hall–Kier alpha value is -1.93. The van der Waals surface area contributed by atoms with Gasteiger partial charge in [-0.15, -0.1) is 0 Å². The lowest BCUT2D eigenvalue weighted by molar-refractivity contribution is -0.122. The molecule has 1 aliphatic carbocycles. The van der Waals surface area contributed by atoms with Crippen LogP contribution in [-0.2, 0) is 19.6 Å². The van der Waals surface area contributed by atoms with E-state index in [-0.39, 0.29) is 23.1 Å². The highest BCUT2D eigenvalue weighted by Crippen LogP contribution is 2.55. The van der Waals surface area contributed by atoms with E-state index in [1.54, 1.807) is 45.0 Å². The van der Waals surface area contributed by atoms with Crippen LogP contribution in [0.1, 0.15) is 45.6 Å². The van der Waals surface area contributed by atoms with Crippen molar-refractivity contribution in [2.45, 2.75) is 63.5 Å². The molecule has 0 aromatic heterocycles. The Morgan fingerprint density at radius 1 is 1.17 bits per heavy atom. The Morgan fingerprint density at radius 2 is 1.83 bits per heavy atom. The smallest absolute Gasteiger partial charge is 0.410 e. The van der Waals surface area contributed by atoms with Crippen LogP contribution in [0.2, 0.25) is 0 Å². The number of hydrogen-bond donors (Lipinski definition) is 0. The number of amides is 1. The molecule has 0 bridgehead atoms. The van der Waals surface area contributed by atoms with Crippen molar-refractivity contribution in [2.75, 3.05) is 19.6 Å². The summed E-state index contributed by atoms with van der Waals surface area (Å²) in [6.45, 7) is 8.39. The minimum absolute atomic E-state index is 0.0259. The Balaban J connectivity index is 1.62. The third-order valence-corrected chi connectivity index (χ3v) is 8.58. The molecule has 0 radical (unpaired) electrons. The van der Waals surface area contributed by atoms with Crippen molar-refractivity contribution in [1.29, 1.82) is 0 Å². The summed E-state index contributed by atoms with van der Waals surface area (Å²) in [4.78, 5) is 27.5. The Bertz CT molecular complexity index is 966. The van der Waals surface area contributed by atoms with Gasteiger partial charge in [0.25, 0.3) is 0 Å². The molecular formula is C22H30N2O5S. The third kappa shape index (κ3) is 3.43. The maximum atomic E-state index is 13.3. The number of benzene rings is 1. The molecule has 0 N–H and O–H groups in total. The Labute approximate surface area is 178 Å². The predicted octanol–water partition coefficient (Wildman–Crippen LogP) is 2.97. The van der Waals surface area contributed by atoms with E-state index in [0.29, 0.717) is 32.4 Å². The van der Waals surface area contributed by atoms with Crippen LogP contribution in [0.3, 0.4) is 0 Å². The highest BCUT2D eigenvalue weighted by atomic mass is 32.2. The van der Waals surface area contributed by atoms with E-state index in [2.05, 4.69) is 0 Å². The fourth-order valence-corrected chi connectivity index (χ4v) is 6.89. The average molecular weight is 435 g/mol. The van der Waals surface area contributed by atoms with Gasteiger partial charge in [-0.05, 0) is 58.6 Å². The lowest BCUT2D eigenvalue weighted by Gasteiger charge is -2.44. The first-order valence-corrected chi connectivity index (χ1v) is 12.0. The van der Waals surface area contributed by atoms with Crippen molar-refractivity contribution < 1.29 is 22.7 Å². The molecular weight excluding hydrogens is 404 g/mol. The number of nitrogens with zero attached hydrogens (tertiary/aromatic N) is 2. The van der Waals surface area contributed by atoms with E-state index in [1.807, 2.05) is 6.92 Å². The standard InChI is InChI=1S/C22H30N2O5S/c1-15-5-7-17(8-6-15)30(27,28)23-11-9-16-13-18(25)19-22(16,14-23)10-12-24(19)20(26)29-21(2,3)4/h5-8,16,19H,9-14H2,1-4H3/t16-,19+,22+/m1/s1. The molecule has 3 atom stereocenters. The van der Waals surface area contributed by atoms with Crippen LogP contribution in [0.15, 0.2) is 29.2 Å². The molecule has 8 heteroatoms. The van der Waals surface area contributed by atoms with Gasteiger partial charge in [0.05, 0.1) is 4.90 Å². The zero-order valence-corrected chi connectivity index (χ0v) is 18.9. The maximum absolute atomic E-state index is 13.3. The van der Waals surface area contributed by atoms with Gasteiger partial charge in [0.1, 0.15) is 11.6 Å². The largest absolute Gasteiger partial charge is 0.444 e. The molecule has 7 nitrogen and oxygen atoms in total. The monoisotopic (exact) mass is 434 g/mol. The number of piperidine rings is 1. The molecule has 4 rings (SSSR count). The van der Waals surface area contributed by atoms with Crippen molar-refractivity contribution >= 4 is 21.9 Å². The number of aryl methyl sites for hydroxylation is 1. The summed E-state index contributed by atoms with van der Waals surface area (Å²) < 4.78 is 33.6. The molecule has 30 heavy (non-hydrogen) atoms. The molecule has 2 saturated heterocycles. The normalized spacial score (nSPS) is 29.6. The van der Waals surface area contributed by atoms with E-state index in [9.17, 15) is 18.0 Å². The van der Waals surface area contributed by atoms with Gasteiger partial charge in [-0.2, -0.15) is 4.31 Å². The van der Waals surface area contributed by atoms with E-state index in [1.165, 1.54) is 9.21 Å². The van der Waals surface area contributed by atoms with Crippen molar-refractivity contribution in [3.63, 3.8) is 0 Å². The third-order valence-electron chi connectivity index (χ3n) is 6.72. The van der Waals surface area contributed by atoms with Crippen LogP contribution in [0.4, 0.5) is 4.79 Å². The lowest BCUT2D eigenvalue weighted by Crippen LogP contribution is -2.54. The second kappa shape index (κ2) is 7.05. The number of ether oxygens (including phenoxy) is 1. The number of ketones is 1. The number of rotatable bonds is 2. The molecule has 3 fully saturated rings. The van der Waals surface area contributed by atoms with Crippen molar-refractivity contribution in [3.8, 4) is 0 Å². The molecule has 3 aliphatic rings. The van der Waals surface area contributed by atoms with E-state index in [0.717, 1.165) is 5.56 Å². The first-order valence-electron chi connectivity index (χ1n) is 10.5. The minimum Gasteiger partial charge on any atom is -0.444 e. The second-order valence-electron chi connectivity index (χ2n) is 9.87. The number of carbonyl (C=O) groups excluding carboxylic acids is 2. The number of sulfonamides is 1. The highest BCUT2D eigenvalue weighted by molar-refractivity contribution is 7.89. The fraction of sp³-hybridized carbons (Fsp3) is 0.636. The number of likely N-dealkylation sites (tertiary alicyclic amines) is 1. The van der Waals surface area contributed by atoms with E-state index in [4.69, 9.17) is 4.74 Å². The summed E-state index contributed by atoms with van der Waals surface area (Å²) in [7, 11) is -3.66. The first kappa shape index (κ1) is 21.3. The lowest BCUT2D eigenvalue weighted by atomic mass is 9.71. The summed E-state index contributed by atoms with van der Waals surface area (Å²) in [6, 6.07) is 6.24. The Kier molecular flexibility index (Phi) is 5.01. The van der Waals surface area contributed by atoms with Crippen LogP contribution in [0.5, 0.6) is 0 Å². The van der Waals surface area contributed by atoms with Gasteiger partial charge >= 0.3 is 6.09 Å². The number of carbonyl (C=O) groups is 2. The first-order chi connectivity index (χ1) is 13.9. The summed E-state index contributed by atoms with van der Waals surface area (Å²) in [5, 5.41) is 0. The zero-order valence-electron chi connectivity index (χ0n) is 18.1. The zero-order chi connectivity index (χ0) is 21.9. The van der Waals surface area contributed by atoms with Crippen LogP contribution in [0.25, 0.3) is 0 Å². The second-order valence-corrected chi connectivity index (χ2v) is 11.8. The quantitative estimate of drug-likeness (QED) is 0.715. The van der Waals surface area contributed by atoms with Gasteiger partial charge < -0.3 is 4.74 Å². The van der Waals surface area contributed by atoms with Crippen molar-refractivity contribution in [1.82, 2.24) is 9.21 Å². The highest BCUT2D eigenvalue weighted by Gasteiger charge is 2.64. The van der Waals surface area contributed by atoms with Gasteiger partial charge in [-0.1, -0.05) is 17.7 Å². The molecule has 1 aromatic rings. The SMILES string of the molecule is Cc1ccc(S(=O)(=O)N2CC[C@@H]3CC(=O)[C@@H]4N(C(=O)OC(C)(C)C)CC[C@]34C2)cc1. The maximum Gasteiger partial charge on any atom is 0.410 e. The fourth-order valence-electron chi connectivity index (χ4n) is 5.36. The molecule has 1 amide bonds. The van der Waals surface area contributed by atoms with Gasteiger partial charge in [0.15, 0.2) is 5.78 Å². The summed E-state index contributed by atoms with van der Waals surface area (Å²) >= 11 is 0. The molecule has 164 valence electrons. The molecule has 1 spiro atoms. The summed E-state index contributed by atoms with van der Waals surface area (Å²) in [5.41, 5.74) is -0.179. The molecule has 1 saturated carbocycles.